The van der Waals surface area contributed by atoms with Crippen molar-refractivity contribution < 1.29 is 19.1 Å². The van der Waals surface area contributed by atoms with Crippen molar-refractivity contribution in [1.82, 2.24) is 16.0 Å². The molecule has 0 spiro atoms. The predicted octanol–water partition coefficient (Wildman–Crippen LogP) is 2.80. The highest BCUT2D eigenvalue weighted by Crippen LogP contribution is 2.14. The van der Waals surface area contributed by atoms with Gasteiger partial charge in [-0.25, -0.2) is 4.79 Å². The van der Waals surface area contributed by atoms with E-state index in [1.54, 1.807) is 69.3 Å². The van der Waals surface area contributed by atoms with Gasteiger partial charge in [0.1, 0.15) is 11.6 Å². The van der Waals surface area contributed by atoms with E-state index in [1.807, 2.05) is 12.1 Å². The molecule has 2 rings (SSSR count). The summed E-state index contributed by atoms with van der Waals surface area (Å²) in [6.07, 6.45) is -0.682. The monoisotopic (exact) mass is 397 g/mol. The van der Waals surface area contributed by atoms with E-state index in [0.29, 0.717) is 11.1 Å². The summed E-state index contributed by atoms with van der Waals surface area (Å²) in [4.78, 5) is 36.8. The van der Waals surface area contributed by atoms with Gasteiger partial charge in [-0.1, -0.05) is 48.5 Å². The number of amides is 3. The Kier molecular flexibility index (Phi) is 7.77. The lowest BCUT2D eigenvalue weighted by Gasteiger charge is -2.23. The highest BCUT2D eigenvalue weighted by atomic mass is 16.6. The Morgan fingerprint density at radius 3 is 2.00 bits per heavy atom. The maximum atomic E-state index is 12.7. The molecule has 2 aromatic rings. The molecule has 0 radical (unpaired) electrons. The van der Waals surface area contributed by atoms with Crippen molar-refractivity contribution in [3.63, 3.8) is 0 Å². The fourth-order valence-corrected chi connectivity index (χ4v) is 2.53. The highest BCUT2D eigenvalue weighted by Gasteiger charge is 2.25. The van der Waals surface area contributed by atoms with Crippen LogP contribution in [0, 0.1) is 0 Å². The fraction of sp³-hybridized carbons (Fsp3) is 0.318. The molecule has 0 aliphatic rings. The first kappa shape index (κ1) is 21.9. The summed E-state index contributed by atoms with van der Waals surface area (Å²) in [6.45, 7) is 5.73. The maximum Gasteiger partial charge on any atom is 0.408 e. The molecule has 0 fully saturated rings. The number of hydrogen-bond donors (Lipinski definition) is 3. The lowest BCUT2D eigenvalue weighted by atomic mass is 10.1. The van der Waals surface area contributed by atoms with Gasteiger partial charge in [-0.15, -0.1) is 0 Å². The molecule has 0 aromatic heterocycles. The quantitative estimate of drug-likeness (QED) is 0.626. The van der Waals surface area contributed by atoms with Crippen molar-refractivity contribution in [3.8, 4) is 0 Å². The first-order chi connectivity index (χ1) is 13.8. The Morgan fingerprint density at radius 1 is 0.862 bits per heavy atom. The van der Waals surface area contributed by atoms with E-state index >= 15 is 0 Å². The topological polar surface area (TPSA) is 96.5 Å². The number of carbonyl (C=O) groups excluding carboxylic acids is 3. The number of alkyl carbamates (subject to hydrolysis) is 1. The van der Waals surface area contributed by atoms with Gasteiger partial charge < -0.3 is 20.7 Å². The van der Waals surface area contributed by atoms with Gasteiger partial charge in [-0.3, -0.25) is 9.59 Å². The van der Waals surface area contributed by atoms with Crippen LogP contribution in [0.2, 0.25) is 0 Å². The van der Waals surface area contributed by atoms with Gasteiger partial charge in [0.2, 0.25) is 5.91 Å². The Bertz CT molecular complexity index is 817. The first-order valence-electron chi connectivity index (χ1n) is 9.42. The van der Waals surface area contributed by atoms with Gasteiger partial charge >= 0.3 is 6.09 Å². The third kappa shape index (κ3) is 7.65. The van der Waals surface area contributed by atoms with Gasteiger partial charge in [0.25, 0.3) is 5.91 Å². The SMILES string of the molecule is CC(C)(C)OC(=O)NC(C(=O)NCCNC(=O)c1ccccc1)c1ccccc1. The van der Waals surface area contributed by atoms with Gasteiger partial charge in [0, 0.05) is 18.7 Å². The van der Waals surface area contributed by atoms with Crippen LogP contribution in [0.5, 0.6) is 0 Å². The molecular formula is C22H27N3O4. The number of hydrogen-bond acceptors (Lipinski definition) is 4. The van der Waals surface area contributed by atoms with E-state index in [4.69, 9.17) is 4.74 Å². The minimum atomic E-state index is -0.907. The fourth-order valence-electron chi connectivity index (χ4n) is 2.53. The number of rotatable bonds is 7. The van der Waals surface area contributed by atoms with E-state index in [2.05, 4.69) is 16.0 Å². The van der Waals surface area contributed by atoms with Crippen molar-refractivity contribution in [2.75, 3.05) is 13.1 Å². The van der Waals surface area contributed by atoms with Crippen LogP contribution in [0.25, 0.3) is 0 Å². The number of benzene rings is 2. The summed E-state index contributed by atoms with van der Waals surface area (Å²) in [5, 5.41) is 8.08. The molecule has 154 valence electrons. The third-order valence-corrected chi connectivity index (χ3v) is 3.80. The molecule has 2 aromatic carbocycles. The lowest BCUT2D eigenvalue weighted by molar-refractivity contribution is -0.123. The molecule has 7 heteroatoms. The average molecular weight is 397 g/mol. The van der Waals surface area contributed by atoms with E-state index in [9.17, 15) is 14.4 Å². The van der Waals surface area contributed by atoms with Crippen LogP contribution in [0.15, 0.2) is 60.7 Å². The zero-order valence-corrected chi connectivity index (χ0v) is 16.9. The van der Waals surface area contributed by atoms with Gasteiger partial charge in [0.05, 0.1) is 0 Å². The summed E-state index contributed by atoms with van der Waals surface area (Å²) in [5.41, 5.74) is 0.500. The molecule has 1 unspecified atom stereocenters. The van der Waals surface area contributed by atoms with Gasteiger partial charge in [0.15, 0.2) is 0 Å². The van der Waals surface area contributed by atoms with Crippen LogP contribution >= 0.6 is 0 Å². The molecule has 0 aliphatic heterocycles. The zero-order valence-electron chi connectivity index (χ0n) is 16.9. The van der Waals surface area contributed by atoms with Crippen LogP contribution < -0.4 is 16.0 Å². The zero-order chi connectivity index (χ0) is 21.3. The maximum absolute atomic E-state index is 12.7. The normalized spacial score (nSPS) is 11.8. The second-order valence-corrected chi connectivity index (χ2v) is 7.40. The number of ether oxygens (including phenoxy) is 1. The van der Waals surface area contributed by atoms with Crippen molar-refractivity contribution in [1.29, 1.82) is 0 Å². The van der Waals surface area contributed by atoms with E-state index in [-0.39, 0.29) is 19.0 Å². The third-order valence-electron chi connectivity index (χ3n) is 3.80. The van der Waals surface area contributed by atoms with Crippen molar-refractivity contribution in [3.05, 3.63) is 71.8 Å². The average Bonchev–Trinajstić information content (AvgIpc) is 2.69. The molecule has 3 N–H and O–H groups in total. The van der Waals surface area contributed by atoms with Crippen LogP contribution in [-0.2, 0) is 9.53 Å². The van der Waals surface area contributed by atoms with Gasteiger partial charge in [-0.2, -0.15) is 0 Å². The van der Waals surface area contributed by atoms with Crippen LogP contribution in [0.3, 0.4) is 0 Å². The van der Waals surface area contributed by atoms with Crippen molar-refractivity contribution in [2.45, 2.75) is 32.4 Å². The molecule has 0 saturated carbocycles. The Balaban J connectivity index is 1.91. The smallest absolute Gasteiger partial charge is 0.408 e. The second kappa shape index (κ2) is 10.3. The Hall–Kier alpha value is -3.35. The second-order valence-electron chi connectivity index (χ2n) is 7.40. The molecule has 0 aliphatic carbocycles. The molecule has 3 amide bonds. The van der Waals surface area contributed by atoms with Crippen molar-refractivity contribution >= 4 is 17.9 Å². The van der Waals surface area contributed by atoms with Crippen molar-refractivity contribution in [2.24, 2.45) is 0 Å². The van der Waals surface area contributed by atoms with E-state index < -0.39 is 23.6 Å². The molecule has 29 heavy (non-hydrogen) atoms. The van der Waals surface area contributed by atoms with Crippen LogP contribution in [0.1, 0.15) is 42.7 Å². The molecule has 0 heterocycles. The Morgan fingerprint density at radius 2 is 1.41 bits per heavy atom. The molecular weight excluding hydrogens is 370 g/mol. The highest BCUT2D eigenvalue weighted by molar-refractivity contribution is 5.94. The summed E-state index contributed by atoms with van der Waals surface area (Å²) >= 11 is 0. The minimum absolute atomic E-state index is 0.216. The standard InChI is InChI=1S/C22H27N3O4/c1-22(2,3)29-21(28)25-18(16-10-6-4-7-11-16)20(27)24-15-14-23-19(26)17-12-8-5-9-13-17/h4-13,18H,14-15H2,1-3H3,(H,23,26)(H,24,27)(H,25,28). The first-order valence-corrected chi connectivity index (χ1v) is 9.42. The Labute approximate surface area is 170 Å². The van der Waals surface area contributed by atoms with E-state index in [1.165, 1.54) is 0 Å². The summed E-state index contributed by atoms with van der Waals surface area (Å²) < 4.78 is 5.26. The molecule has 0 bridgehead atoms. The summed E-state index contributed by atoms with van der Waals surface area (Å²) in [5.74, 6) is -0.609. The van der Waals surface area contributed by atoms with Gasteiger partial charge in [-0.05, 0) is 38.5 Å². The number of nitrogens with one attached hydrogen (secondary N) is 3. The number of carbonyl (C=O) groups is 3. The van der Waals surface area contributed by atoms with E-state index in [0.717, 1.165) is 0 Å². The predicted molar refractivity (Wildman–Crippen MR) is 110 cm³/mol. The largest absolute Gasteiger partial charge is 0.444 e. The molecule has 7 nitrogen and oxygen atoms in total. The minimum Gasteiger partial charge on any atom is -0.444 e. The summed E-state index contributed by atoms with van der Waals surface area (Å²) in [7, 11) is 0. The molecule has 1 atom stereocenters. The summed E-state index contributed by atoms with van der Waals surface area (Å²) in [6, 6.07) is 16.8. The van der Waals surface area contributed by atoms with Crippen LogP contribution in [-0.4, -0.2) is 36.6 Å². The molecule has 0 saturated heterocycles. The van der Waals surface area contributed by atoms with Crippen LogP contribution in [0.4, 0.5) is 4.79 Å². The lowest BCUT2D eigenvalue weighted by Crippen LogP contribution is -2.44.